The first-order valence-electron chi connectivity index (χ1n) is 3.97. The second-order valence-electron chi connectivity index (χ2n) is 3.18. The Labute approximate surface area is 97.8 Å². The van der Waals surface area contributed by atoms with E-state index in [9.17, 15) is 0 Å². The van der Waals surface area contributed by atoms with Crippen LogP contribution in [0.1, 0.15) is 6.92 Å². The fourth-order valence-electron chi connectivity index (χ4n) is 0.749. The van der Waals surface area contributed by atoms with Crippen LogP contribution in [0.5, 0.6) is 0 Å². The van der Waals surface area contributed by atoms with E-state index < -0.39 is 5.54 Å². The normalized spacial score (nSPS) is 11.4. The third-order valence-corrected chi connectivity index (χ3v) is 3.00. The van der Waals surface area contributed by atoms with E-state index in [1.165, 1.54) is 12.4 Å². The van der Waals surface area contributed by atoms with Crippen molar-refractivity contribution in [3.8, 4) is 0 Å². The Bertz CT molecular complexity index is 284. The number of nitrogens with zero attached hydrogens (tertiary/aromatic N) is 2. The first-order valence-corrected chi connectivity index (χ1v) is 5.42. The molecule has 0 spiro atoms. The predicted octanol–water partition coefficient (Wildman–Crippen LogP) is 2.78. The number of halogens is 3. The van der Waals surface area contributed by atoms with Crippen LogP contribution in [0.4, 0.5) is 5.95 Å². The smallest absolute Gasteiger partial charge is 0.223 e. The van der Waals surface area contributed by atoms with Gasteiger partial charge in [0.1, 0.15) is 0 Å². The van der Waals surface area contributed by atoms with E-state index in [1.54, 1.807) is 0 Å². The van der Waals surface area contributed by atoms with Crippen LogP contribution < -0.4 is 5.32 Å². The van der Waals surface area contributed by atoms with Gasteiger partial charge >= 0.3 is 0 Å². The van der Waals surface area contributed by atoms with Gasteiger partial charge in [0.25, 0.3) is 0 Å². The molecule has 1 aromatic heterocycles. The summed E-state index contributed by atoms with van der Waals surface area (Å²) in [4.78, 5) is 7.98. The van der Waals surface area contributed by atoms with Crippen molar-refractivity contribution >= 4 is 40.8 Å². The van der Waals surface area contributed by atoms with Gasteiger partial charge in [0.15, 0.2) is 0 Å². The minimum absolute atomic E-state index is 0.377. The van der Waals surface area contributed by atoms with Crippen LogP contribution >= 0.6 is 34.8 Å². The molecule has 0 saturated heterocycles. The molecule has 0 amide bonds. The Morgan fingerprint density at radius 1 is 1.29 bits per heavy atom. The van der Waals surface area contributed by atoms with Crippen LogP contribution in [0.15, 0.2) is 12.4 Å². The van der Waals surface area contributed by atoms with E-state index in [4.69, 9.17) is 34.8 Å². The van der Waals surface area contributed by atoms with E-state index >= 15 is 0 Å². The topological polar surface area (TPSA) is 37.8 Å². The van der Waals surface area contributed by atoms with E-state index in [2.05, 4.69) is 15.3 Å². The van der Waals surface area contributed by atoms with Crippen molar-refractivity contribution in [1.82, 2.24) is 9.97 Å². The lowest BCUT2D eigenvalue weighted by molar-refractivity contribution is 0.640. The summed E-state index contributed by atoms with van der Waals surface area (Å²) in [5.74, 6) is 1.23. The number of nitrogens with one attached hydrogen (secondary N) is 1. The van der Waals surface area contributed by atoms with Gasteiger partial charge in [-0.15, -0.1) is 23.2 Å². The number of rotatable bonds is 4. The Hall–Kier alpha value is -0.250. The molecule has 0 atom stereocenters. The molecule has 1 N–H and O–H groups in total. The molecule has 0 bridgehead atoms. The van der Waals surface area contributed by atoms with Gasteiger partial charge in [0.2, 0.25) is 5.95 Å². The minimum Gasteiger partial charge on any atom is -0.347 e. The summed E-state index contributed by atoms with van der Waals surface area (Å²) < 4.78 is 0. The number of alkyl halides is 2. The summed E-state index contributed by atoms with van der Waals surface area (Å²) in [6.07, 6.45) is 3.03. The van der Waals surface area contributed by atoms with E-state index in [0.29, 0.717) is 22.7 Å². The molecule has 78 valence electrons. The van der Waals surface area contributed by atoms with Crippen LogP contribution in [0, 0.1) is 0 Å². The molecule has 0 aliphatic heterocycles. The fourth-order valence-corrected chi connectivity index (χ4v) is 1.27. The lowest BCUT2D eigenvalue weighted by Gasteiger charge is -2.25. The lowest BCUT2D eigenvalue weighted by atomic mass is 10.1. The van der Waals surface area contributed by atoms with Gasteiger partial charge in [-0.05, 0) is 6.92 Å². The SMILES string of the molecule is CC(CCl)(CCl)Nc1ncc(Cl)cn1. The number of aromatic nitrogens is 2. The summed E-state index contributed by atoms with van der Waals surface area (Å²) in [6.45, 7) is 1.89. The molecule has 14 heavy (non-hydrogen) atoms. The zero-order valence-corrected chi connectivity index (χ0v) is 9.87. The van der Waals surface area contributed by atoms with Gasteiger partial charge < -0.3 is 5.32 Å². The second-order valence-corrected chi connectivity index (χ2v) is 4.15. The highest BCUT2D eigenvalue weighted by Crippen LogP contribution is 2.15. The van der Waals surface area contributed by atoms with Crippen LogP contribution in [-0.2, 0) is 0 Å². The molecule has 3 nitrogen and oxygen atoms in total. The number of hydrogen-bond donors (Lipinski definition) is 1. The Kier molecular flexibility index (Phi) is 4.23. The molecule has 1 rings (SSSR count). The van der Waals surface area contributed by atoms with Crippen LogP contribution in [0.2, 0.25) is 5.02 Å². The van der Waals surface area contributed by atoms with Gasteiger partial charge in [-0.1, -0.05) is 11.6 Å². The van der Waals surface area contributed by atoms with Gasteiger partial charge in [0.05, 0.1) is 23.0 Å². The number of anilines is 1. The van der Waals surface area contributed by atoms with Gasteiger partial charge in [-0.2, -0.15) is 0 Å². The maximum absolute atomic E-state index is 5.76. The molecule has 0 radical (unpaired) electrons. The minimum atomic E-state index is -0.406. The molecular formula is C8H10Cl3N3. The molecule has 0 unspecified atom stereocenters. The molecule has 1 aromatic rings. The largest absolute Gasteiger partial charge is 0.347 e. The molecule has 0 aliphatic carbocycles. The zero-order chi connectivity index (χ0) is 10.6. The third-order valence-electron chi connectivity index (χ3n) is 1.62. The summed E-state index contributed by atoms with van der Waals surface area (Å²) in [6, 6.07) is 0. The zero-order valence-electron chi connectivity index (χ0n) is 7.60. The standard InChI is InChI=1S/C8H10Cl3N3/c1-8(4-9,5-10)14-7-12-2-6(11)3-13-7/h2-3H,4-5H2,1H3,(H,12,13,14). The van der Waals surface area contributed by atoms with E-state index in [0.717, 1.165) is 0 Å². The predicted molar refractivity (Wildman–Crippen MR) is 60.5 cm³/mol. The van der Waals surface area contributed by atoms with E-state index in [1.807, 2.05) is 6.92 Å². The average molecular weight is 255 g/mol. The second kappa shape index (κ2) is 5.01. The lowest BCUT2D eigenvalue weighted by Crippen LogP contribution is -2.39. The third kappa shape index (κ3) is 3.15. The van der Waals surface area contributed by atoms with Gasteiger partial charge in [-0.25, -0.2) is 9.97 Å². The molecule has 6 heteroatoms. The molecule has 0 saturated carbocycles. The highest BCUT2D eigenvalue weighted by molar-refractivity contribution is 6.30. The first-order chi connectivity index (χ1) is 6.59. The fraction of sp³-hybridized carbons (Fsp3) is 0.500. The van der Waals surface area contributed by atoms with Gasteiger partial charge in [0, 0.05) is 11.8 Å². The van der Waals surface area contributed by atoms with Crippen molar-refractivity contribution in [3.05, 3.63) is 17.4 Å². The maximum atomic E-state index is 5.76. The van der Waals surface area contributed by atoms with Gasteiger partial charge in [-0.3, -0.25) is 0 Å². The summed E-state index contributed by atoms with van der Waals surface area (Å²) in [5, 5.41) is 3.53. The van der Waals surface area contributed by atoms with Crippen molar-refractivity contribution in [2.75, 3.05) is 17.1 Å². The maximum Gasteiger partial charge on any atom is 0.223 e. The highest BCUT2D eigenvalue weighted by atomic mass is 35.5. The highest BCUT2D eigenvalue weighted by Gasteiger charge is 2.22. The van der Waals surface area contributed by atoms with Crippen molar-refractivity contribution in [3.63, 3.8) is 0 Å². The molecule has 0 aromatic carbocycles. The summed E-state index contributed by atoms with van der Waals surface area (Å²) in [5.41, 5.74) is -0.406. The average Bonchev–Trinajstić information content (AvgIpc) is 2.21. The molecule has 1 heterocycles. The van der Waals surface area contributed by atoms with Crippen molar-refractivity contribution < 1.29 is 0 Å². The Morgan fingerprint density at radius 2 is 1.79 bits per heavy atom. The van der Waals surface area contributed by atoms with Crippen LogP contribution in [0.25, 0.3) is 0 Å². The molecular weight excluding hydrogens is 244 g/mol. The molecule has 0 aliphatic rings. The quantitative estimate of drug-likeness (QED) is 0.840. The molecule has 0 fully saturated rings. The monoisotopic (exact) mass is 253 g/mol. The summed E-state index contributed by atoms with van der Waals surface area (Å²) >= 11 is 17.2. The van der Waals surface area contributed by atoms with Crippen LogP contribution in [-0.4, -0.2) is 27.3 Å². The number of hydrogen-bond acceptors (Lipinski definition) is 3. The van der Waals surface area contributed by atoms with Crippen molar-refractivity contribution in [2.45, 2.75) is 12.5 Å². The van der Waals surface area contributed by atoms with E-state index in [-0.39, 0.29) is 0 Å². The van der Waals surface area contributed by atoms with Crippen molar-refractivity contribution in [1.29, 1.82) is 0 Å². The Balaban J connectivity index is 2.72. The van der Waals surface area contributed by atoms with Crippen LogP contribution in [0.3, 0.4) is 0 Å². The summed E-state index contributed by atoms with van der Waals surface area (Å²) in [7, 11) is 0. The first kappa shape index (κ1) is 11.8. The van der Waals surface area contributed by atoms with Crippen molar-refractivity contribution in [2.24, 2.45) is 0 Å². The Morgan fingerprint density at radius 3 is 2.21 bits per heavy atom.